The summed E-state index contributed by atoms with van der Waals surface area (Å²) in [5.41, 5.74) is 2.24. The van der Waals surface area contributed by atoms with Crippen molar-refractivity contribution in [1.29, 1.82) is 0 Å². The molecule has 0 N–H and O–H groups in total. The number of hydrogen-bond donors (Lipinski definition) is 0. The van der Waals surface area contributed by atoms with Crippen LogP contribution in [0.3, 0.4) is 0 Å². The summed E-state index contributed by atoms with van der Waals surface area (Å²) in [6.45, 7) is 2.45. The Balaban J connectivity index is 2.44. The zero-order chi connectivity index (χ0) is 13.7. The lowest BCUT2D eigenvalue weighted by Crippen LogP contribution is -2.01. The maximum absolute atomic E-state index is 11.5. The number of rotatable bonds is 4. The Morgan fingerprint density at radius 1 is 1.26 bits per heavy atom. The summed E-state index contributed by atoms with van der Waals surface area (Å²) < 4.78 is 10.2. The van der Waals surface area contributed by atoms with Gasteiger partial charge in [-0.15, -0.1) is 0 Å². The summed E-state index contributed by atoms with van der Waals surface area (Å²) >= 11 is 0. The summed E-state index contributed by atoms with van der Waals surface area (Å²) in [5.74, 6) is 0.204. The Kier molecular flexibility index (Phi) is 4.13. The molecular weight excluding hydrogens is 242 g/mol. The van der Waals surface area contributed by atoms with E-state index in [0.717, 1.165) is 11.1 Å². The first-order valence-corrected chi connectivity index (χ1v) is 6.02. The van der Waals surface area contributed by atoms with Gasteiger partial charge in [0.15, 0.2) is 0 Å². The fourth-order valence-corrected chi connectivity index (χ4v) is 1.79. The van der Waals surface area contributed by atoms with Crippen molar-refractivity contribution in [3.05, 3.63) is 48.2 Å². The Morgan fingerprint density at radius 3 is 2.84 bits per heavy atom. The molecule has 0 saturated carbocycles. The standard InChI is InChI=1S/C15H15NO3/c1-3-19-14-13(8-5-9-16-14)11-6-4-7-12(10-11)15(17)18-2/h4-10H,3H2,1-2H3. The SMILES string of the molecule is CCOc1ncccc1-c1cccc(C(=O)OC)c1. The van der Waals surface area contributed by atoms with Crippen molar-refractivity contribution in [1.82, 2.24) is 4.98 Å². The van der Waals surface area contributed by atoms with Crippen LogP contribution in [0.1, 0.15) is 17.3 Å². The van der Waals surface area contributed by atoms with Crippen LogP contribution in [0.2, 0.25) is 0 Å². The van der Waals surface area contributed by atoms with Crippen molar-refractivity contribution in [3.63, 3.8) is 0 Å². The van der Waals surface area contributed by atoms with Gasteiger partial charge in [0.2, 0.25) is 5.88 Å². The van der Waals surface area contributed by atoms with Crippen LogP contribution in [0.4, 0.5) is 0 Å². The molecule has 4 heteroatoms. The van der Waals surface area contributed by atoms with E-state index >= 15 is 0 Å². The third kappa shape index (κ3) is 2.91. The highest BCUT2D eigenvalue weighted by atomic mass is 16.5. The molecule has 0 atom stereocenters. The molecule has 1 aromatic carbocycles. The summed E-state index contributed by atoms with van der Waals surface area (Å²) in [6, 6.07) is 10.9. The van der Waals surface area contributed by atoms with Gasteiger partial charge in [-0.1, -0.05) is 12.1 Å². The van der Waals surface area contributed by atoms with Crippen molar-refractivity contribution in [3.8, 4) is 17.0 Å². The van der Waals surface area contributed by atoms with Crippen molar-refractivity contribution < 1.29 is 14.3 Å². The van der Waals surface area contributed by atoms with Crippen molar-refractivity contribution in [2.45, 2.75) is 6.92 Å². The maximum atomic E-state index is 11.5. The van der Waals surface area contributed by atoms with Crippen LogP contribution in [0.15, 0.2) is 42.6 Å². The zero-order valence-corrected chi connectivity index (χ0v) is 10.9. The lowest BCUT2D eigenvalue weighted by atomic mass is 10.0. The van der Waals surface area contributed by atoms with Crippen LogP contribution in [-0.4, -0.2) is 24.7 Å². The first-order chi connectivity index (χ1) is 9.26. The van der Waals surface area contributed by atoms with E-state index in [-0.39, 0.29) is 5.97 Å². The van der Waals surface area contributed by atoms with Crippen LogP contribution in [0, 0.1) is 0 Å². The average Bonchev–Trinajstić information content (AvgIpc) is 2.47. The lowest BCUT2D eigenvalue weighted by molar-refractivity contribution is 0.0601. The predicted molar refractivity (Wildman–Crippen MR) is 72.2 cm³/mol. The second-order valence-electron chi connectivity index (χ2n) is 3.86. The largest absolute Gasteiger partial charge is 0.478 e. The van der Waals surface area contributed by atoms with E-state index in [9.17, 15) is 4.79 Å². The summed E-state index contributed by atoms with van der Waals surface area (Å²) in [5, 5.41) is 0. The highest BCUT2D eigenvalue weighted by molar-refractivity contribution is 5.91. The van der Waals surface area contributed by atoms with Crippen molar-refractivity contribution in [2.24, 2.45) is 0 Å². The van der Waals surface area contributed by atoms with Gasteiger partial charge >= 0.3 is 5.97 Å². The molecule has 0 unspecified atom stereocenters. The molecule has 0 aliphatic heterocycles. The van der Waals surface area contributed by atoms with Gasteiger partial charge in [-0.25, -0.2) is 9.78 Å². The summed E-state index contributed by atoms with van der Waals surface area (Å²) in [6.07, 6.45) is 1.68. The van der Waals surface area contributed by atoms with Crippen molar-refractivity contribution in [2.75, 3.05) is 13.7 Å². The molecular formula is C15H15NO3. The minimum absolute atomic E-state index is 0.358. The van der Waals surface area contributed by atoms with E-state index in [1.165, 1.54) is 7.11 Å². The Morgan fingerprint density at radius 2 is 2.11 bits per heavy atom. The fraction of sp³-hybridized carbons (Fsp3) is 0.200. The quantitative estimate of drug-likeness (QED) is 0.790. The van der Waals surface area contributed by atoms with Gasteiger partial charge < -0.3 is 9.47 Å². The van der Waals surface area contributed by atoms with Gasteiger partial charge in [-0.05, 0) is 36.8 Å². The smallest absolute Gasteiger partial charge is 0.337 e. The molecule has 0 spiro atoms. The van der Waals surface area contributed by atoms with E-state index in [4.69, 9.17) is 9.47 Å². The molecule has 19 heavy (non-hydrogen) atoms. The summed E-state index contributed by atoms with van der Waals surface area (Å²) in [7, 11) is 1.37. The number of esters is 1. The Hall–Kier alpha value is -2.36. The van der Waals surface area contributed by atoms with E-state index in [1.807, 2.05) is 31.2 Å². The van der Waals surface area contributed by atoms with Gasteiger partial charge in [0.25, 0.3) is 0 Å². The molecule has 0 aliphatic carbocycles. The molecule has 0 bridgehead atoms. The second kappa shape index (κ2) is 6.00. The third-order valence-corrected chi connectivity index (χ3v) is 2.65. The van der Waals surface area contributed by atoms with Gasteiger partial charge in [-0.3, -0.25) is 0 Å². The topological polar surface area (TPSA) is 48.4 Å². The molecule has 0 fully saturated rings. The normalized spacial score (nSPS) is 10.0. The maximum Gasteiger partial charge on any atom is 0.337 e. The van der Waals surface area contributed by atoms with Gasteiger partial charge in [0, 0.05) is 11.8 Å². The number of nitrogens with zero attached hydrogens (tertiary/aromatic N) is 1. The number of aromatic nitrogens is 1. The molecule has 0 amide bonds. The molecule has 0 radical (unpaired) electrons. The molecule has 0 aliphatic rings. The first kappa shape index (κ1) is 13.1. The monoisotopic (exact) mass is 257 g/mol. The third-order valence-electron chi connectivity index (χ3n) is 2.65. The minimum atomic E-state index is -0.358. The van der Waals surface area contributed by atoms with Crippen LogP contribution in [0.5, 0.6) is 5.88 Å². The molecule has 4 nitrogen and oxygen atoms in total. The van der Waals surface area contributed by atoms with E-state index < -0.39 is 0 Å². The van der Waals surface area contributed by atoms with Gasteiger partial charge in [0.05, 0.1) is 19.3 Å². The number of methoxy groups -OCH3 is 1. The van der Waals surface area contributed by atoms with Crippen molar-refractivity contribution >= 4 is 5.97 Å². The number of hydrogen-bond acceptors (Lipinski definition) is 4. The highest BCUT2D eigenvalue weighted by Crippen LogP contribution is 2.28. The van der Waals surface area contributed by atoms with E-state index in [1.54, 1.807) is 18.3 Å². The predicted octanol–water partition coefficient (Wildman–Crippen LogP) is 2.93. The summed E-state index contributed by atoms with van der Waals surface area (Å²) in [4.78, 5) is 15.7. The van der Waals surface area contributed by atoms with E-state index in [2.05, 4.69) is 4.98 Å². The van der Waals surface area contributed by atoms with Crippen LogP contribution in [-0.2, 0) is 4.74 Å². The van der Waals surface area contributed by atoms with Crippen LogP contribution >= 0.6 is 0 Å². The van der Waals surface area contributed by atoms with Gasteiger partial charge in [-0.2, -0.15) is 0 Å². The Bertz CT molecular complexity index is 581. The molecule has 0 saturated heterocycles. The molecule has 98 valence electrons. The zero-order valence-electron chi connectivity index (χ0n) is 10.9. The number of ether oxygens (including phenoxy) is 2. The average molecular weight is 257 g/mol. The van der Waals surface area contributed by atoms with Crippen LogP contribution < -0.4 is 4.74 Å². The van der Waals surface area contributed by atoms with Crippen LogP contribution in [0.25, 0.3) is 11.1 Å². The fourth-order valence-electron chi connectivity index (χ4n) is 1.79. The number of carbonyl (C=O) groups is 1. The molecule has 2 rings (SSSR count). The van der Waals surface area contributed by atoms with Gasteiger partial charge in [0.1, 0.15) is 0 Å². The minimum Gasteiger partial charge on any atom is -0.478 e. The number of carbonyl (C=O) groups excluding carboxylic acids is 1. The molecule has 1 heterocycles. The Labute approximate surface area is 112 Å². The first-order valence-electron chi connectivity index (χ1n) is 6.02. The number of pyridine rings is 1. The lowest BCUT2D eigenvalue weighted by Gasteiger charge is -2.09. The molecule has 1 aromatic heterocycles. The number of benzene rings is 1. The highest BCUT2D eigenvalue weighted by Gasteiger charge is 2.10. The van der Waals surface area contributed by atoms with E-state index in [0.29, 0.717) is 18.1 Å². The molecule has 2 aromatic rings. The second-order valence-corrected chi connectivity index (χ2v) is 3.86.